The molecule has 1 amide bonds. The molecule has 37 nitrogen and oxygen atoms in total. The molecule has 0 saturated carbocycles. The molecule has 14 bridgehead atoms. The fourth-order valence-corrected chi connectivity index (χ4v) is 10.9. The van der Waals surface area contributed by atoms with E-state index in [0.717, 1.165) is 0 Å². The smallest absolute Gasteiger partial charge is 0.222 e. The molecule has 21 fully saturated rings. The quantitative estimate of drug-likeness (QED) is 0.0966. The second kappa shape index (κ2) is 28.5. The molecule has 21 saturated heterocycles. The predicted molar refractivity (Wildman–Crippen MR) is 248 cm³/mol. The molecule has 476 valence electrons. The standard InChI is InChI=1S/C45H76N2O35/c46-1-2-47-17(54)3-10-32-18(55)25(62)39(69-10)77-33-11(4-48)71-41(27(64)20(33)57)79-35-13(6-50)73-43(29(66)22(35)59)81-37-15(8-52)75-45(31(68)24(37)61)82-38-16(9-53)74-44(30(67)23(38)60)80-36-14(7-51)72-42(28(65)21(36)58)78-34-12(5-49)70-40(76-32)26(63)19(34)56/h10-16,18-45,48-53,55-68H,1-9,46H2,(H,47,54)/t10-,11-,12-,13-,14-,15-,16-,18-,19-,20-,21-,22-,23-,24-,25-,26-,27-,28-,29-,30-,31-,32-,33-,34-,35-,36-,37-,38-,39-,40-,41-,42-,43-,44-,45-/m1/s1. The lowest BCUT2D eigenvalue weighted by atomic mass is 9.94. The third-order valence-corrected chi connectivity index (χ3v) is 15.5. The first-order valence-electron chi connectivity index (χ1n) is 26.4. The van der Waals surface area contributed by atoms with E-state index in [1.807, 2.05) is 0 Å². The van der Waals surface area contributed by atoms with Crippen molar-refractivity contribution in [3.8, 4) is 0 Å². The number of aliphatic hydroxyl groups excluding tert-OH is 20. The van der Waals surface area contributed by atoms with Crippen molar-refractivity contribution in [2.24, 2.45) is 5.73 Å². The third-order valence-electron chi connectivity index (χ3n) is 15.5. The fraction of sp³-hybridized carbons (Fsp3) is 0.978. The van der Waals surface area contributed by atoms with Gasteiger partial charge in [0, 0.05) is 13.1 Å². The first-order chi connectivity index (χ1) is 39.0. The van der Waals surface area contributed by atoms with E-state index in [9.17, 15) is 107 Å². The minimum atomic E-state index is -2.26. The Morgan fingerprint density at radius 2 is 0.451 bits per heavy atom. The topological polar surface area (TPSA) is 589 Å². The van der Waals surface area contributed by atoms with Gasteiger partial charge in [0.25, 0.3) is 0 Å². The number of amides is 1. The van der Waals surface area contributed by atoms with E-state index in [0.29, 0.717) is 0 Å². The minimum Gasteiger partial charge on any atom is -0.394 e. The summed E-state index contributed by atoms with van der Waals surface area (Å²) in [5.74, 6) is -0.808. The Morgan fingerprint density at radius 3 is 0.622 bits per heavy atom. The van der Waals surface area contributed by atoms with E-state index in [1.54, 1.807) is 0 Å². The Balaban J connectivity index is 1.10. The first-order valence-corrected chi connectivity index (χ1v) is 26.4. The van der Waals surface area contributed by atoms with Crippen LogP contribution >= 0.6 is 0 Å². The third kappa shape index (κ3) is 13.4. The Morgan fingerprint density at radius 1 is 0.280 bits per heavy atom. The number of hydrogen-bond donors (Lipinski definition) is 22. The van der Waals surface area contributed by atoms with Crippen molar-refractivity contribution in [1.29, 1.82) is 0 Å². The van der Waals surface area contributed by atoms with Crippen LogP contribution in [-0.4, -0.2) is 376 Å². The van der Waals surface area contributed by atoms with Crippen molar-refractivity contribution in [3.05, 3.63) is 0 Å². The molecule has 0 unspecified atom stereocenters. The van der Waals surface area contributed by atoms with Crippen molar-refractivity contribution in [2.45, 2.75) is 221 Å². The highest BCUT2D eigenvalue weighted by atomic mass is 16.8. The van der Waals surface area contributed by atoms with E-state index in [-0.39, 0.29) is 13.1 Å². The number of carbonyl (C=O) groups excluding carboxylic acids is 1. The molecule has 0 aromatic heterocycles. The summed E-state index contributed by atoms with van der Waals surface area (Å²) >= 11 is 0. The molecule has 21 aliphatic rings. The number of aliphatic hydroxyl groups is 20. The number of carbonyl (C=O) groups is 1. The van der Waals surface area contributed by atoms with Gasteiger partial charge in [-0.2, -0.15) is 0 Å². The van der Waals surface area contributed by atoms with Gasteiger partial charge in [0.1, 0.15) is 165 Å². The summed E-state index contributed by atoms with van der Waals surface area (Å²) in [6.07, 6.45) is -71.9. The fourth-order valence-electron chi connectivity index (χ4n) is 10.9. The van der Waals surface area contributed by atoms with Gasteiger partial charge in [0.2, 0.25) is 5.91 Å². The normalized spacial score (nSPS) is 52.6. The monoisotopic (exact) mass is 1200 g/mol. The minimum absolute atomic E-state index is 0.0446. The Hall–Kier alpha value is -1.93. The Labute approximate surface area is 463 Å². The van der Waals surface area contributed by atoms with Crippen LogP contribution in [0.4, 0.5) is 0 Å². The molecular weight excluding hydrogens is 1130 g/mol. The van der Waals surface area contributed by atoms with Crippen molar-refractivity contribution in [3.63, 3.8) is 0 Å². The van der Waals surface area contributed by atoms with Crippen LogP contribution in [0.5, 0.6) is 0 Å². The maximum Gasteiger partial charge on any atom is 0.222 e. The molecule has 23 N–H and O–H groups in total. The molecule has 35 atom stereocenters. The zero-order chi connectivity index (χ0) is 59.8. The van der Waals surface area contributed by atoms with Gasteiger partial charge in [-0.15, -0.1) is 0 Å². The van der Waals surface area contributed by atoms with E-state index in [4.69, 9.17) is 72.0 Å². The van der Waals surface area contributed by atoms with Crippen molar-refractivity contribution in [1.82, 2.24) is 5.32 Å². The first kappa shape index (κ1) is 66.0. The van der Waals surface area contributed by atoms with Gasteiger partial charge in [0.15, 0.2) is 44.0 Å². The van der Waals surface area contributed by atoms with Crippen LogP contribution in [0.3, 0.4) is 0 Å². The number of hydrogen-bond acceptors (Lipinski definition) is 36. The largest absolute Gasteiger partial charge is 0.394 e. The molecule has 0 radical (unpaired) electrons. The average Bonchev–Trinajstić information content (AvgIpc) is 3.47. The van der Waals surface area contributed by atoms with Gasteiger partial charge in [-0.25, -0.2) is 0 Å². The van der Waals surface area contributed by atoms with Crippen LogP contribution in [-0.2, 0) is 71.1 Å². The van der Waals surface area contributed by atoms with Gasteiger partial charge in [-0.05, 0) is 0 Å². The summed E-state index contributed by atoms with van der Waals surface area (Å²) in [6, 6.07) is 0. The zero-order valence-corrected chi connectivity index (χ0v) is 43.2. The van der Waals surface area contributed by atoms with Crippen molar-refractivity contribution in [2.75, 3.05) is 52.7 Å². The number of rotatable bonds is 10. The molecule has 82 heavy (non-hydrogen) atoms. The lowest BCUT2D eigenvalue weighted by Gasteiger charge is -2.50. The van der Waals surface area contributed by atoms with E-state index < -0.39 is 267 Å². The molecule has 21 rings (SSSR count). The van der Waals surface area contributed by atoms with E-state index >= 15 is 0 Å². The maximum absolute atomic E-state index is 13.1. The molecule has 21 aliphatic heterocycles. The second-order valence-corrected chi connectivity index (χ2v) is 20.8. The zero-order valence-electron chi connectivity index (χ0n) is 43.2. The van der Waals surface area contributed by atoms with Gasteiger partial charge >= 0.3 is 0 Å². The lowest BCUT2D eigenvalue weighted by Crippen LogP contribution is -2.68. The summed E-state index contributed by atoms with van der Waals surface area (Å²) in [5, 5.41) is 225. The Bertz CT molecular complexity index is 1980. The highest BCUT2D eigenvalue weighted by Gasteiger charge is 2.59. The number of nitrogens with two attached hydrogens (primary N) is 1. The number of nitrogens with one attached hydrogen (secondary N) is 1. The second-order valence-electron chi connectivity index (χ2n) is 20.8. The molecular formula is C45H76N2O35. The van der Waals surface area contributed by atoms with Crippen molar-refractivity contribution < 1.29 is 173 Å². The van der Waals surface area contributed by atoms with Crippen LogP contribution in [0.25, 0.3) is 0 Å². The summed E-state index contributed by atoms with van der Waals surface area (Å²) in [4.78, 5) is 13.1. The summed E-state index contributed by atoms with van der Waals surface area (Å²) in [6.45, 7) is -6.51. The molecule has 0 spiro atoms. The lowest BCUT2D eigenvalue weighted by molar-refractivity contribution is -0.396. The van der Waals surface area contributed by atoms with Crippen LogP contribution in [0.15, 0.2) is 0 Å². The van der Waals surface area contributed by atoms with E-state index in [1.165, 1.54) is 0 Å². The van der Waals surface area contributed by atoms with Crippen LogP contribution < -0.4 is 11.1 Å². The SMILES string of the molecule is NCCNC(=O)C[C@H]1O[C@@H]2O[C@H]3[C@H](O)[C@@H](O)[C@@H](O[C@H]4[C@H](O)[C@@H](O)[C@@H](O[C@H]5[C@H](O)[C@@H](O)[C@@H](O[C@H]6[C@H](O)[C@@H](O)[C@@H](O[C@H]7[C@H](O)[C@@H](O)[C@@H](O[C@H]8[C@H](O)[C@@H](O)[C@@H](O[C@H]1[C@H](O)[C@H]2O)O[C@@H]8CO)O[C@@H]7CO)O[C@@H]6CO)O[C@@H]5CO)O[C@@H]4CO)O[C@@H]3CO. The predicted octanol–water partition coefficient (Wildman–Crippen LogP) is -15.8. The summed E-state index contributed by atoms with van der Waals surface area (Å²) in [7, 11) is 0. The van der Waals surface area contributed by atoms with Crippen LogP contribution in [0, 0.1) is 0 Å². The summed E-state index contributed by atoms with van der Waals surface area (Å²) < 4.78 is 80.4. The van der Waals surface area contributed by atoms with Crippen LogP contribution in [0.2, 0.25) is 0 Å². The molecule has 21 heterocycles. The highest BCUT2D eigenvalue weighted by molar-refractivity contribution is 5.76. The average molecular weight is 1210 g/mol. The van der Waals surface area contributed by atoms with Crippen LogP contribution in [0.1, 0.15) is 6.42 Å². The van der Waals surface area contributed by atoms with Gasteiger partial charge in [-0.3, -0.25) is 4.79 Å². The molecule has 0 aromatic carbocycles. The van der Waals surface area contributed by atoms with Gasteiger partial charge in [-0.1, -0.05) is 0 Å². The molecule has 37 heteroatoms. The van der Waals surface area contributed by atoms with E-state index in [2.05, 4.69) is 5.32 Å². The van der Waals surface area contributed by atoms with Gasteiger partial charge in [0.05, 0.1) is 52.2 Å². The maximum atomic E-state index is 13.1. The van der Waals surface area contributed by atoms with Crippen molar-refractivity contribution >= 4 is 5.91 Å². The highest BCUT2D eigenvalue weighted by Crippen LogP contribution is 2.39. The number of ether oxygens (including phenoxy) is 14. The van der Waals surface area contributed by atoms with Gasteiger partial charge < -0.3 is 179 Å². The summed E-state index contributed by atoms with van der Waals surface area (Å²) in [5.41, 5.74) is 5.54. The molecule has 0 aliphatic carbocycles. The Kier molecular flexibility index (Phi) is 22.9. The molecule has 0 aromatic rings.